The fourth-order valence-electron chi connectivity index (χ4n) is 1.59. The number of ether oxygens (including phenoxy) is 2. The van der Waals surface area contributed by atoms with E-state index in [1.807, 2.05) is 0 Å². The minimum absolute atomic E-state index is 0.0582. The monoisotopic (exact) mass is 211 g/mol. The summed E-state index contributed by atoms with van der Waals surface area (Å²) in [7, 11) is 1.50. The summed E-state index contributed by atoms with van der Waals surface area (Å²) in [6.07, 6.45) is 1.65. The first-order chi connectivity index (χ1) is 7.19. The van der Waals surface area contributed by atoms with Gasteiger partial charge in [0, 0.05) is 12.1 Å². The lowest BCUT2D eigenvalue weighted by atomic mass is 9.90. The van der Waals surface area contributed by atoms with E-state index in [-0.39, 0.29) is 17.9 Å². The van der Waals surface area contributed by atoms with E-state index in [0.717, 1.165) is 12.8 Å². The van der Waals surface area contributed by atoms with Gasteiger partial charge in [0.05, 0.1) is 7.11 Å². The van der Waals surface area contributed by atoms with Crippen molar-refractivity contribution in [1.82, 2.24) is 0 Å². The van der Waals surface area contributed by atoms with E-state index in [0.29, 0.717) is 5.75 Å². The minimum atomic E-state index is -0.394. The molecule has 0 unspecified atom stereocenters. The van der Waals surface area contributed by atoms with Crippen LogP contribution >= 0.6 is 0 Å². The largest absolute Gasteiger partial charge is 0.497 e. The molecule has 15 heavy (non-hydrogen) atoms. The number of nitrogens with two attached hydrogens (primary N) is 1. The van der Waals surface area contributed by atoms with E-state index >= 15 is 0 Å². The summed E-state index contributed by atoms with van der Waals surface area (Å²) >= 11 is 0. The Morgan fingerprint density at radius 1 is 1.40 bits per heavy atom. The topological polar surface area (TPSA) is 44.5 Å². The van der Waals surface area contributed by atoms with Gasteiger partial charge in [0.15, 0.2) is 11.6 Å². The molecular formula is C11H14FNO2. The lowest BCUT2D eigenvalue weighted by molar-refractivity contribution is 0.0961. The van der Waals surface area contributed by atoms with Gasteiger partial charge in [-0.2, -0.15) is 0 Å². The summed E-state index contributed by atoms with van der Waals surface area (Å²) in [6, 6.07) is 4.78. The van der Waals surface area contributed by atoms with Crippen molar-refractivity contribution in [2.75, 3.05) is 7.11 Å². The van der Waals surface area contributed by atoms with Gasteiger partial charge >= 0.3 is 0 Å². The number of benzene rings is 1. The maximum Gasteiger partial charge on any atom is 0.168 e. The van der Waals surface area contributed by atoms with Crippen molar-refractivity contribution in [3.63, 3.8) is 0 Å². The van der Waals surface area contributed by atoms with Crippen molar-refractivity contribution in [1.29, 1.82) is 0 Å². The SMILES string of the molecule is COc1ccc(OC2CC(N)C2)c(F)c1. The molecule has 0 heterocycles. The Balaban J connectivity index is 2.02. The summed E-state index contributed by atoms with van der Waals surface area (Å²) < 4.78 is 23.8. The van der Waals surface area contributed by atoms with Gasteiger partial charge in [0.2, 0.25) is 0 Å². The van der Waals surface area contributed by atoms with Gasteiger partial charge in [-0.15, -0.1) is 0 Å². The van der Waals surface area contributed by atoms with E-state index in [2.05, 4.69) is 0 Å². The molecule has 1 aromatic carbocycles. The Hall–Kier alpha value is -1.29. The van der Waals surface area contributed by atoms with E-state index in [1.54, 1.807) is 12.1 Å². The summed E-state index contributed by atoms with van der Waals surface area (Å²) in [6.45, 7) is 0. The Labute approximate surface area is 88.0 Å². The Morgan fingerprint density at radius 2 is 2.13 bits per heavy atom. The molecule has 3 nitrogen and oxygen atoms in total. The molecule has 1 aliphatic carbocycles. The second-order valence-corrected chi connectivity index (χ2v) is 3.77. The molecule has 0 bridgehead atoms. The smallest absolute Gasteiger partial charge is 0.168 e. The van der Waals surface area contributed by atoms with Crippen LogP contribution < -0.4 is 15.2 Å². The van der Waals surface area contributed by atoms with Crippen LogP contribution in [0.4, 0.5) is 4.39 Å². The van der Waals surface area contributed by atoms with Crippen LogP contribution in [0, 0.1) is 5.82 Å². The number of hydrogen-bond acceptors (Lipinski definition) is 3. The molecule has 1 saturated carbocycles. The van der Waals surface area contributed by atoms with Crippen molar-refractivity contribution >= 4 is 0 Å². The average molecular weight is 211 g/mol. The molecule has 82 valence electrons. The second kappa shape index (κ2) is 4.06. The zero-order valence-electron chi connectivity index (χ0n) is 8.57. The number of halogens is 1. The third-order valence-corrected chi connectivity index (χ3v) is 2.56. The summed E-state index contributed by atoms with van der Waals surface area (Å²) in [5.41, 5.74) is 5.61. The highest BCUT2D eigenvalue weighted by Gasteiger charge is 2.28. The highest BCUT2D eigenvalue weighted by atomic mass is 19.1. The minimum Gasteiger partial charge on any atom is -0.497 e. The van der Waals surface area contributed by atoms with Crippen LogP contribution in [0.25, 0.3) is 0 Å². The summed E-state index contributed by atoms with van der Waals surface area (Å²) in [5, 5.41) is 0. The first-order valence-electron chi connectivity index (χ1n) is 4.95. The van der Waals surface area contributed by atoms with E-state index < -0.39 is 5.82 Å². The van der Waals surface area contributed by atoms with Crippen LogP contribution in [0.5, 0.6) is 11.5 Å². The Morgan fingerprint density at radius 3 is 2.67 bits per heavy atom. The molecule has 2 rings (SSSR count). The van der Waals surface area contributed by atoms with Crippen LogP contribution in [-0.2, 0) is 0 Å². The molecule has 0 aliphatic heterocycles. The van der Waals surface area contributed by atoms with Crippen molar-refractivity contribution in [3.8, 4) is 11.5 Å². The summed E-state index contributed by atoms with van der Waals surface area (Å²) in [4.78, 5) is 0. The maximum absolute atomic E-state index is 13.4. The molecule has 0 amide bonds. The molecule has 1 aromatic rings. The highest BCUT2D eigenvalue weighted by molar-refractivity contribution is 5.33. The van der Waals surface area contributed by atoms with Gasteiger partial charge < -0.3 is 15.2 Å². The van der Waals surface area contributed by atoms with Crippen molar-refractivity contribution in [2.45, 2.75) is 25.0 Å². The third-order valence-electron chi connectivity index (χ3n) is 2.56. The van der Waals surface area contributed by atoms with Crippen LogP contribution in [-0.4, -0.2) is 19.3 Å². The predicted octanol–water partition coefficient (Wildman–Crippen LogP) is 1.70. The molecule has 0 saturated heterocycles. The van der Waals surface area contributed by atoms with E-state index in [4.69, 9.17) is 15.2 Å². The lowest BCUT2D eigenvalue weighted by Gasteiger charge is -2.32. The quantitative estimate of drug-likeness (QED) is 0.827. The van der Waals surface area contributed by atoms with Crippen molar-refractivity contribution in [2.24, 2.45) is 5.73 Å². The fourth-order valence-corrected chi connectivity index (χ4v) is 1.59. The van der Waals surface area contributed by atoms with Gasteiger partial charge in [0.1, 0.15) is 11.9 Å². The summed E-state index contributed by atoms with van der Waals surface area (Å²) in [5.74, 6) is 0.368. The maximum atomic E-state index is 13.4. The fraction of sp³-hybridized carbons (Fsp3) is 0.455. The first-order valence-corrected chi connectivity index (χ1v) is 4.95. The van der Waals surface area contributed by atoms with Gasteiger partial charge in [-0.1, -0.05) is 0 Å². The predicted molar refractivity (Wildman–Crippen MR) is 54.6 cm³/mol. The Kier molecular flexibility index (Phi) is 2.77. The number of hydrogen-bond donors (Lipinski definition) is 1. The highest BCUT2D eigenvalue weighted by Crippen LogP contribution is 2.28. The lowest BCUT2D eigenvalue weighted by Crippen LogP contribution is -2.43. The van der Waals surface area contributed by atoms with Crippen LogP contribution in [0.15, 0.2) is 18.2 Å². The van der Waals surface area contributed by atoms with Crippen LogP contribution in [0.3, 0.4) is 0 Å². The van der Waals surface area contributed by atoms with Gasteiger partial charge in [0.25, 0.3) is 0 Å². The van der Waals surface area contributed by atoms with Crippen molar-refractivity contribution in [3.05, 3.63) is 24.0 Å². The number of rotatable bonds is 3. The first kappa shape index (κ1) is 10.2. The molecule has 4 heteroatoms. The Bertz CT molecular complexity index is 350. The third kappa shape index (κ3) is 2.21. The molecule has 1 aliphatic rings. The van der Waals surface area contributed by atoms with E-state index in [9.17, 15) is 4.39 Å². The van der Waals surface area contributed by atoms with Crippen molar-refractivity contribution < 1.29 is 13.9 Å². The normalized spacial score (nSPS) is 24.5. The van der Waals surface area contributed by atoms with Crippen LogP contribution in [0.2, 0.25) is 0 Å². The zero-order valence-corrected chi connectivity index (χ0v) is 8.57. The molecule has 1 fully saturated rings. The molecule has 2 N–H and O–H groups in total. The van der Waals surface area contributed by atoms with Gasteiger partial charge in [-0.25, -0.2) is 4.39 Å². The average Bonchev–Trinajstić information content (AvgIpc) is 2.18. The standard InChI is InChI=1S/C11H14FNO2/c1-14-8-2-3-11(10(12)6-8)15-9-4-7(13)5-9/h2-3,6-7,9H,4-5,13H2,1H3. The molecule has 0 aromatic heterocycles. The molecule has 0 atom stereocenters. The van der Waals surface area contributed by atoms with Gasteiger partial charge in [-0.05, 0) is 25.0 Å². The molecule has 0 spiro atoms. The second-order valence-electron chi connectivity index (χ2n) is 3.77. The van der Waals surface area contributed by atoms with Gasteiger partial charge in [-0.3, -0.25) is 0 Å². The van der Waals surface area contributed by atoms with Crippen LogP contribution in [0.1, 0.15) is 12.8 Å². The zero-order chi connectivity index (χ0) is 10.8. The van der Waals surface area contributed by atoms with E-state index in [1.165, 1.54) is 13.2 Å². The number of methoxy groups -OCH3 is 1. The molecule has 0 radical (unpaired) electrons. The molecular weight excluding hydrogens is 197 g/mol.